The smallest absolute Gasteiger partial charge is 0.226 e. The predicted molar refractivity (Wildman–Crippen MR) is 96.3 cm³/mol. The average Bonchev–Trinajstić information content (AvgIpc) is 3.02. The van der Waals surface area contributed by atoms with Gasteiger partial charge in [-0.05, 0) is 26.2 Å². The molecule has 1 fully saturated rings. The quantitative estimate of drug-likeness (QED) is 0.778. The van der Waals surface area contributed by atoms with Gasteiger partial charge in [0.25, 0.3) is 0 Å². The topological polar surface area (TPSA) is 67.2 Å². The maximum absolute atomic E-state index is 12.7. The van der Waals surface area contributed by atoms with E-state index in [0.29, 0.717) is 5.91 Å². The van der Waals surface area contributed by atoms with Crippen LogP contribution in [0, 0.1) is 12.8 Å². The molecule has 0 N–H and O–H groups in total. The van der Waals surface area contributed by atoms with Crippen LogP contribution in [0.25, 0.3) is 11.0 Å². The number of anilines is 1. The maximum Gasteiger partial charge on any atom is 0.226 e. The second-order valence-electron chi connectivity index (χ2n) is 6.89. The van der Waals surface area contributed by atoms with E-state index in [9.17, 15) is 4.79 Å². The molecule has 1 atom stereocenters. The Kier molecular flexibility index (Phi) is 4.15. The van der Waals surface area contributed by atoms with Crippen molar-refractivity contribution in [1.82, 2.24) is 24.6 Å². The lowest BCUT2D eigenvalue weighted by molar-refractivity contribution is -0.136. The zero-order valence-corrected chi connectivity index (χ0v) is 14.9. The number of aromatic nitrogens is 4. The summed E-state index contributed by atoms with van der Waals surface area (Å²) in [6.45, 7) is 5.02. The Hall–Kier alpha value is -2.44. The second-order valence-corrected chi connectivity index (χ2v) is 6.89. The molecule has 7 nitrogen and oxygen atoms in total. The summed E-state index contributed by atoms with van der Waals surface area (Å²) in [7, 11) is 1.90. The monoisotopic (exact) mass is 340 g/mol. The molecule has 0 radical (unpaired) electrons. The van der Waals surface area contributed by atoms with Crippen molar-refractivity contribution in [3.8, 4) is 0 Å². The summed E-state index contributed by atoms with van der Waals surface area (Å²) < 4.78 is 1.78. The Morgan fingerprint density at radius 3 is 2.68 bits per heavy atom. The Morgan fingerprint density at radius 1 is 1.16 bits per heavy atom. The zero-order valence-electron chi connectivity index (χ0n) is 14.9. The standard InChI is InChI=1S/C18H24N6O/c1-13-20-16-15(12-19-22(16)2)17(21-13)23-8-10-24(11-9-23)18(25)14-6-4-3-5-7-14/h3-4,12,14H,5-11H2,1-2H3. The minimum atomic E-state index is 0.169. The van der Waals surface area contributed by atoms with Crippen LogP contribution in [0.15, 0.2) is 18.3 Å². The van der Waals surface area contributed by atoms with Gasteiger partial charge in [0.05, 0.1) is 11.6 Å². The summed E-state index contributed by atoms with van der Waals surface area (Å²) in [4.78, 5) is 26.1. The lowest BCUT2D eigenvalue weighted by Gasteiger charge is -2.37. The molecule has 1 saturated heterocycles. The van der Waals surface area contributed by atoms with E-state index in [1.807, 2.05) is 25.1 Å². The number of fused-ring (bicyclic) bond motifs is 1. The van der Waals surface area contributed by atoms with Crippen molar-refractivity contribution >= 4 is 22.8 Å². The summed E-state index contributed by atoms with van der Waals surface area (Å²) in [6.07, 6.45) is 9.05. The van der Waals surface area contributed by atoms with Crippen molar-refractivity contribution in [1.29, 1.82) is 0 Å². The van der Waals surface area contributed by atoms with Gasteiger partial charge in [0.15, 0.2) is 5.65 Å². The normalized spacial score (nSPS) is 21.1. The highest BCUT2D eigenvalue weighted by atomic mass is 16.2. The number of nitrogens with zero attached hydrogens (tertiary/aromatic N) is 6. The molecule has 0 saturated carbocycles. The number of piperazine rings is 1. The molecule has 1 unspecified atom stereocenters. The van der Waals surface area contributed by atoms with Gasteiger partial charge < -0.3 is 9.80 Å². The van der Waals surface area contributed by atoms with E-state index < -0.39 is 0 Å². The molecule has 25 heavy (non-hydrogen) atoms. The van der Waals surface area contributed by atoms with E-state index in [1.165, 1.54) is 0 Å². The van der Waals surface area contributed by atoms with Gasteiger partial charge in [-0.25, -0.2) is 9.97 Å². The lowest BCUT2D eigenvalue weighted by Crippen LogP contribution is -2.50. The number of rotatable bonds is 2. The molecule has 7 heteroatoms. The van der Waals surface area contributed by atoms with Crippen LogP contribution >= 0.6 is 0 Å². The van der Waals surface area contributed by atoms with Crippen LogP contribution in [0.1, 0.15) is 25.1 Å². The van der Waals surface area contributed by atoms with Crippen LogP contribution in [0.4, 0.5) is 5.82 Å². The van der Waals surface area contributed by atoms with Gasteiger partial charge in [0.1, 0.15) is 11.6 Å². The van der Waals surface area contributed by atoms with E-state index in [0.717, 1.165) is 68.1 Å². The molecule has 4 rings (SSSR count). The number of amides is 1. The van der Waals surface area contributed by atoms with Gasteiger partial charge in [0.2, 0.25) is 5.91 Å². The molecule has 1 amide bonds. The predicted octanol–water partition coefficient (Wildman–Crippen LogP) is 1.68. The fourth-order valence-electron chi connectivity index (χ4n) is 3.77. The highest BCUT2D eigenvalue weighted by Crippen LogP contribution is 2.26. The van der Waals surface area contributed by atoms with E-state index >= 15 is 0 Å². The summed E-state index contributed by atoms with van der Waals surface area (Å²) in [6, 6.07) is 0. The average molecular weight is 340 g/mol. The van der Waals surface area contributed by atoms with Gasteiger partial charge in [-0.3, -0.25) is 9.48 Å². The zero-order chi connectivity index (χ0) is 17.4. The van der Waals surface area contributed by atoms with Crippen LogP contribution in [0.5, 0.6) is 0 Å². The van der Waals surface area contributed by atoms with Crippen molar-refractivity contribution in [3.63, 3.8) is 0 Å². The van der Waals surface area contributed by atoms with Gasteiger partial charge in [-0.2, -0.15) is 5.10 Å². The summed E-state index contributed by atoms with van der Waals surface area (Å²) in [5.74, 6) is 2.17. The van der Waals surface area contributed by atoms with Crippen molar-refractivity contribution in [3.05, 3.63) is 24.2 Å². The number of hydrogen-bond donors (Lipinski definition) is 0. The largest absolute Gasteiger partial charge is 0.352 e. The molecular weight excluding hydrogens is 316 g/mol. The molecule has 2 aliphatic rings. The fourth-order valence-corrected chi connectivity index (χ4v) is 3.77. The van der Waals surface area contributed by atoms with Crippen LogP contribution in [0.2, 0.25) is 0 Å². The number of carbonyl (C=O) groups excluding carboxylic acids is 1. The molecule has 2 aromatic rings. The van der Waals surface area contributed by atoms with Crippen LogP contribution in [-0.2, 0) is 11.8 Å². The van der Waals surface area contributed by atoms with Gasteiger partial charge in [0, 0.05) is 39.1 Å². The molecule has 1 aliphatic carbocycles. The van der Waals surface area contributed by atoms with Gasteiger partial charge in [-0.15, -0.1) is 0 Å². The van der Waals surface area contributed by atoms with Crippen LogP contribution < -0.4 is 4.90 Å². The second kappa shape index (κ2) is 6.46. The van der Waals surface area contributed by atoms with Crippen molar-refractivity contribution < 1.29 is 4.79 Å². The highest BCUT2D eigenvalue weighted by Gasteiger charge is 2.28. The van der Waals surface area contributed by atoms with Crippen molar-refractivity contribution in [2.45, 2.75) is 26.2 Å². The first kappa shape index (κ1) is 16.1. The van der Waals surface area contributed by atoms with E-state index in [4.69, 9.17) is 0 Å². The Labute approximate surface area is 147 Å². The molecule has 1 aliphatic heterocycles. The molecule has 0 aromatic carbocycles. The number of allylic oxidation sites excluding steroid dienone is 2. The minimum absolute atomic E-state index is 0.169. The number of aryl methyl sites for hydroxylation is 2. The molecule has 2 aromatic heterocycles. The van der Waals surface area contributed by atoms with Crippen molar-refractivity contribution in [2.24, 2.45) is 13.0 Å². The first-order chi connectivity index (χ1) is 12.1. The number of carbonyl (C=O) groups is 1. The summed E-state index contributed by atoms with van der Waals surface area (Å²) >= 11 is 0. The Bertz CT molecular complexity index is 818. The van der Waals surface area contributed by atoms with Crippen molar-refractivity contribution in [2.75, 3.05) is 31.1 Å². The fraction of sp³-hybridized carbons (Fsp3) is 0.556. The maximum atomic E-state index is 12.7. The van der Waals surface area contributed by atoms with Gasteiger partial charge in [-0.1, -0.05) is 12.2 Å². The van der Waals surface area contributed by atoms with Crippen LogP contribution in [-0.4, -0.2) is 56.7 Å². The SMILES string of the molecule is Cc1nc(N2CCN(C(=O)C3CC=CCC3)CC2)c2cnn(C)c2n1. The van der Waals surface area contributed by atoms with Gasteiger partial charge >= 0.3 is 0 Å². The molecule has 0 spiro atoms. The third kappa shape index (κ3) is 2.99. The third-order valence-electron chi connectivity index (χ3n) is 5.19. The molecule has 0 bridgehead atoms. The Balaban J connectivity index is 1.49. The third-order valence-corrected chi connectivity index (χ3v) is 5.19. The molecular formula is C18H24N6O. The van der Waals surface area contributed by atoms with E-state index in [2.05, 4.69) is 32.1 Å². The first-order valence-corrected chi connectivity index (χ1v) is 8.98. The summed E-state index contributed by atoms with van der Waals surface area (Å²) in [5.41, 5.74) is 0.856. The Morgan fingerprint density at radius 2 is 1.96 bits per heavy atom. The minimum Gasteiger partial charge on any atom is -0.352 e. The highest BCUT2D eigenvalue weighted by molar-refractivity contribution is 5.87. The summed E-state index contributed by atoms with van der Waals surface area (Å²) in [5, 5.41) is 5.29. The number of hydrogen-bond acceptors (Lipinski definition) is 5. The lowest BCUT2D eigenvalue weighted by atomic mass is 9.93. The molecule has 3 heterocycles. The van der Waals surface area contributed by atoms with Crippen LogP contribution in [0.3, 0.4) is 0 Å². The first-order valence-electron chi connectivity index (χ1n) is 8.98. The molecule has 132 valence electrons. The van der Waals surface area contributed by atoms with E-state index in [1.54, 1.807) is 4.68 Å². The van der Waals surface area contributed by atoms with E-state index in [-0.39, 0.29) is 5.92 Å².